The average molecular weight is 387 g/mol. The van der Waals surface area contributed by atoms with Crippen LogP contribution in [0.3, 0.4) is 0 Å². The summed E-state index contributed by atoms with van der Waals surface area (Å²) in [6, 6.07) is 18.4. The van der Waals surface area contributed by atoms with Gasteiger partial charge in [0.15, 0.2) is 0 Å². The van der Waals surface area contributed by atoms with E-state index in [4.69, 9.17) is 0 Å². The molecule has 0 unspecified atom stereocenters. The van der Waals surface area contributed by atoms with Crippen LogP contribution in [-0.2, 0) is 16.1 Å². The number of carbonyl (C=O) groups excluding carboxylic acids is 2. The normalized spacial score (nSPS) is 13.9. The van der Waals surface area contributed by atoms with Crippen LogP contribution in [-0.4, -0.2) is 21.7 Å². The van der Waals surface area contributed by atoms with Gasteiger partial charge in [-0.1, -0.05) is 36.4 Å². The van der Waals surface area contributed by atoms with Gasteiger partial charge in [-0.05, 0) is 48.4 Å². The number of amides is 2. The van der Waals surface area contributed by atoms with Crippen LogP contribution in [0.2, 0.25) is 0 Å². The Morgan fingerprint density at radius 1 is 0.931 bits per heavy atom. The number of rotatable bonds is 5. The van der Waals surface area contributed by atoms with Gasteiger partial charge in [-0.3, -0.25) is 19.5 Å². The van der Waals surface area contributed by atoms with Crippen LogP contribution in [0.5, 0.6) is 0 Å². The van der Waals surface area contributed by atoms with Crippen LogP contribution in [0.1, 0.15) is 16.8 Å². The van der Waals surface area contributed by atoms with E-state index in [1.54, 1.807) is 24.4 Å². The zero-order valence-corrected chi connectivity index (χ0v) is 15.7. The number of benzene rings is 2. The lowest BCUT2D eigenvalue weighted by Gasteiger charge is -2.15. The first kappa shape index (κ1) is 18.6. The van der Waals surface area contributed by atoms with Crippen molar-refractivity contribution >= 4 is 23.1 Å². The van der Waals surface area contributed by atoms with E-state index in [1.165, 1.54) is 24.3 Å². The van der Waals surface area contributed by atoms with Crippen molar-refractivity contribution in [2.45, 2.75) is 13.5 Å². The number of nitrogens with one attached hydrogen (secondary N) is 1. The van der Waals surface area contributed by atoms with Crippen LogP contribution < -0.4 is 5.32 Å². The summed E-state index contributed by atoms with van der Waals surface area (Å²) < 4.78 is 13.4. The Kier molecular flexibility index (Phi) is 4.91. The molecule has 1 N–H and O–H groups in total. The van der Waals surface area contributed by atoms with E-state index in [-0.39, 0.29) is 17.8 Å². The molecule has 0 radical (unpaired) electrons. The second kappa shape index (κ2) is 7.67. The van der Waals surface area contributed by atoms with Crippen molar-refractivity contribution in [2.75, 3.05) is 5.32 Å². The Morgan fingerprint density at radius 2 is 1.66 bits per heavy atom. The number of aromatic nitrogens is 1. The smallest absolute Gasteiger partial charge is 0.278 e. The maximum absolute atomic E-state index is 13.4. The lowest BCUT2D eigenvalue weighted by atomic mass is 10.0. The SMILES string of the molecule is Cc1ccccc1NC1=C(c2ccc(F)cc2)C(=O)N(Cc2ccccn2)C1=O. The maximum atomic E-state index is 13.4. The minimum atomic E-state index is -0.441. The van der Waals surface area contributed by atoms with Gasteiger partial charge in [-0.2, -0.15) is 0 Å². The number of aryl methyl sites for hydroxylation is 1. The quantitative estimate of drug-likeness (QED) is 0.674. The minimum absolute atomic E-state index is 0.0577. The number of anilines is 1. The summed E-state index contributed by atoms with van der Waals surface area (Å²) >= 11 is 0. The average Bonchev–Trinajstić information content (AvgIpc) is 2.95. The fourth-order valence-electron chi connectivity index (χ4n) is 3.22. The lowest BCUT2D eigenvalue weighted by molar-refractivity contribution is -0.137. The zero-order chi connectivity index (χ0) is 20.4. The molecule has 2 heterocycles. The molecular formula is C23H18FN3O2. The molecule has 144 valence electrons. The molecule has 0 spiro atoms. The molecule has 0 aliphatic carbocycles. The maximum Gasteiger partial charge on any atom is 0.278 e. The Balaban J connectivity index is 1.76. The van der Waals surface area contributed by atoms with Crippen LogP contribution in [0.25, 0.3) is 5.57 Å². The third kappa shape index (κ3) is 3.65. The van der Waals surface area contributed by atoms with Crippen molar-refractivity contribution in [1.29, 1.82) is 0 Å². The summed E-state index contributed by atoms with van der Waals surface area (Å²) in [6.07, 6.45) is 1.61. The molecule has 0 atom stereocenters. The first-order valence-corrected chi connectivity index (χ1v) is 9.13. The number of hydrogen-bond acceptors (Lipinski definition) is 4. The van der Waals surface area contributed by atoms with Crippen molar-refractivity contribution in [2.24, 2.45) is 0 Å². The third-order valence-corrected chi connectivity index (χ3v) is 4.75. The molecule has 0 saturated carbocycles. The zero-order valence-electron chi connectivity index (χ0n) is 15.7. The van der Waals surface area contributed by atoms with Gasteiger partial charge >= 0.3 is 0 Å². The molecule has 5 nitrogen and oxygen atoms in total. The summed E-state index contributed by atoms with van der Waals surface area (Å²) in [5.74, 6) is -1.29. The van der Waals surface area contributed by atoms with Crippen LogP contribution in [0.4, 0.5) is 10.1 Å². The number of para-hydroxylation sites is 1. The van der Waals surface area contributed by atoms with Crippen molar-refractivity contribution in [3.63, 3.8) is 0 Å². The second-order valence-electron chi connectivity index (χ2n) is 6.71. The number of halogens is 1. The monoisotopic (exact) mass is 387 g/mol. The van der Waals surface area contributed by atoms with Gasteiger partial charge in [0.25, 0.3) is 11.8 Å². The first-order valence-electron chi connectivity index (χ1n) is 9.13. The number of pyridine rings is 1. The van der Waals surface area contributed by atoms with Gasteiger partial charge < -0.3 is 5.32 Å². The Bertz CT molecular complexity index is 1110. The van der Waals surface area contributed by atoms with Gasteiger partial charge in [0.05, 0.1) is 17.8 Å². The summed E-state index contributed by atoms with van der Waals surface area (Å²) in [5, 5.41) is 3.12. The van der Waals surface area contributed by atoms with Gasteiger partial charge in [0, 0.05) is 11.9 Å². The third-order valence-electron chi connectivity index (χ3n) is 4.75. The number of nitrogens with zero attached hydrogens (tertiary/aromatic N) is 2. The topological polar surface area (TPSA) is 62.3 Å². The molecule has 0 fully saturated rings. The fourth-order valence-corrected chi connectivity index (χ4v) is 3.22. The van der Waals surface area contributed by atoms with E-state index in [0.29, 0.717) is 11.3 Å². The van der Waals surface area contributed by atoms with Gasteiger partial charge in [0.2, 0.25) is 0 Å². The number of imide groups is 1. The highest BCUT2D eigenvalue weighted by Crippen LogP contribution is 2.32. The predicted molar refractivity (Wildman–Crippen MR) is 108 cm³/mol. The molecule has 4 rings (SSSR count). The molecule has 0 saturated heterocycles. The minimum Gasteiger partial charge on any atom is -0.350 e. The summed E-state index contributed by atoms with van der Waals surface area (Å²) in [5.41, 5.74) is 3.13. The van der Waals surface area contributed by atoms with Crippen LogP contribution >= 0.6 is 0 Å². The van der Waals surface area contributed by atoms with Crippen molar-refractivity contribution < 1.29 is 14.0 Å². The largest absolute Gasteiger partial charge is 0.350 e. The van der Waals surface area contributed by atoms with E-state index in [1.807, 2.05) is 31.2 Å². The van der Waals surface area contributed by atoms with Gasteiger partial charge in [-0.25, -0.2) is 4.39 Å². The predicted octanol–water partition coefficient (Wildman–Crippen LogP) is 3.92. The molecule has 1 aliphatic rings. The molecule has 1 aromatic heterocycles. The second-order valence-corrected chi connectivity index (χ2v) is 6.71. The molecule has 0 bridgehead atoms. The number of carbonyl (C=O) groups is 2. The highest BCUT2D eigenvalue weighted by molar-refractivity contribution is 6.36. The summed E-state index contributed by atoms with van der Waals surface area (Å²) in [6.45, 7) is 1.97. The Labute approximate surface area is 167 Å². The van der Waals surface area contributed by atoms with Gasteiger partial charge in [0.1, 0.15) is 11.5 Å². The van der Waals surface area contributed by atoms with Crippen molar-refractivity contribution in [3.05, 3.63) is 101 Å². The van der Waals surface area contributed by atoms with E-state index < -0.39 is 17.6 Å². The van der Waals surface area contributed by atoms with E-state index >= 15 is 0 Å². The fraction of sp³-hybridized carbons (Fsp3) is 0.0870. The summed E-state index contributed by atoms with van der Waals surface area (Å²) in [4.78, 5) is 31.7. The van der Waals surface area contributed by atoms with Crippen LogP contribution in [0, 0.1) is 12.7 Å². The molecule has 2 amide bonds. The van der Waals surface area contributed by atoms with E-state index in [9.17, 15) is 14.0 Å². The molecular weight excluding hydrogens is 369 g/mol. The van der Waals surface area contributed by atoms with Crippen molar-refractivity contribution in [1.82, 2.24) is 9.88 Å². The van der Waals surface area contributed by atoms with E-state index in [2.05, 4.69) is 10.3 Å². The molecule has 29 heavy (non-hydrogen) atoms. The first-order chi connectivity index (χ1) is 14.0. The highest BCUT2D eigenvalue weighted by atomic mass is 19.1. The molecule has 6 heteroatoms. The molecule has 2 aromatic carbocycles. The molecule has 3 aromatic rings. The standard InChI is InChI=1S/C23H18FN3O2/c1-15-6-2-3-8-19(15)26-21-20(16-9-11-17(24)12-10-16)22(28)27(23(21)29)14-18-7-4-5-13-25-18/h2-13,26H,14H2,1H3. The Morgan fingerprint density at radius 3 is 2.34 bits per heavy atom. The van der Waals surface area contributed by atoms with E-state index in [0.717, 1.165) is 16.2 Å². The highest BCUT2D eigenvalue weighted by Gasteiger charge is 2.39. The lowest BCUT2D eigenvalue weighted by Crippen LogP contribution is -2.32. The number of hydrogen-bond donors (Lipinski definition) is 1. The summed E-state index contributed by atoms with van der Waals surface area (Å²) in [7, 11) is 0. The van der Waals surface area contributed by atoms with Gasteiger partial charge in [-0.15, -0.1) is 0 Å². The van der Waals surface area contributed by atoms with Crippen molar-refractivity contribution in [3.8, 4) is 0 Å². The molecule has 1 aliphatic heterocycles. The van der Waals surface area contributed by atoms with Crippen LogP contribution in [0.15, 0.2) is 78.6 Å². The Hall–Kier alpha value is -3.80.